The van der Waals surface area contributed by atoms with E-state index in [-0.39, 0.29) is 12.5 Å². The molecule has 1 aliphatic carbocycles. The third kappa shape index (κ3) is 4.04. The highest BCUT2D eigenvalue weighted by Crippen LogP contribution is 2.32. The van der Waals surface area contributed by atoms with Gasteiger partial charge in [-0.2, -0.15) is 0 Å². The first kappa shape index (κ1) is 17.1. The summed E-state index contributed by atoms with van der Waals surface area (Å²) < 4.78 is 0. The minimum absolute atomic E-state index is 0.0527. The lowest BCUT2D eigenvalue weighted by atomic mass is 9.97. The largest absolute Gasteiger partial charge is 0.360 e. The molecule has 1 fully saturated rings. The molecule has 130 valence electrons. The fourth-order valence-electron chi connectivity index (χ4n) is 3.36. The molecule has 24 heavy (non-hydrogen) atoms. The van der Waals surface area contributed by atoms with Crippen LogP contribution in [0.3, 0.4) is 0 Å². The molecule has 2 aromatic heterocycles. The van der Waals surface area contributed by atoms with Crippen molar-refractivity contribution in [2.75, 3.05) is 11.9 Å². The lowest BCUT2D eigenvalue weighted by Gasteiger charge is -2.21. The van der Waals surface area contributed by atoms with Crippen molar-refractivity contribution in [2.24, 2.45) is 0 Å². The van der Waals surface area contributed by atoms with Crippen LogP contribution in [0.2, 0.25) is 0 Å². The summed E-state index contributed by atoms with van der Waals surface area (Å²) in [4.78, 5) is 23.2. The molecule has 5 nitrogen and oxygen atoms in total. The third-order valence-corrected chi connectivity index (χ3v) is 5.97. The fraction of sp³-hybridized carbons (Fsp3) is 0.611. The normalized spacial score (nSPS) is 16.6. The van der Waals surface area contributed by atoms with Crippen molar-refractivity contribution >= 4 is 33.3 Å². The highest BCUT2D eigenvalue weighted by molar-refractivity contribution is 7.18. The van der Waals surface area contributed by atoms with Crippen LogP contribution in [0.1, 0.15) is 55.4 Å². The number of aryl methyl sites for hydroxylation is 2. The molecule has 2 N–H and O–H groups in total. The quantitative estimate of drug-likeness (QED) is 0.880. The van der Waals surface area contributed by atoms with Crippen LogP contribution in [0, 0.1) is 13.8 Å². The number of thiophene rings is 1. The summed E-state index contributed by atoms with van der Waals surface area (Å²) in [5, 5.41) is 7.43. The molecule has 0 unspecified atom stereocenters. The van der Waals surface area contributed by atoms with Gasteiger partial charge in [0.2, 0.25) is 5.91 Å². The second-order valence-electron chi connectivity index (χ2n) is 6.65. The number of rotatable bonds is 4. The summed E-state index contributed by atoms with van der Waals surface area (Å²) >= 11 is 1.67. The first-order valence-electron chi connectivity index (χ1n) is 8.89. The number of nitrogens with one attached hydrogen (secondary N) is 2. The van der Waals surface area contributed by atoms with Crippen LogP contribution in [-0.2, 0) is 4.79 Å². The molecule has 0 aromatic carbocycles. The summed E-state index contributed by atoms with van der Waals surface area (Å²) in [5.74, 6) is 0.812. The van der Waals surface area contributed by atoms with Crippen LogP contribution in [-0.4, -0.2) is 28.5 Å². The number of aromatic nitrogens is 2. The third-order valence-electron chi connectivity index (χ3n) is 4.85. The molecule has 0 radical (unpaired) electrons. The Morgan fingerprint density at radius 3 is 2.62 bits per heavy atom. The molecule has 0 spiro atoms. The first-order chi connectivity index (χ1) is 11.6. The maximum absolute atomic E-state index is 12.3. The molecule has 1 aliphatic rings. The number of amides is 1. The summed E-state index contributed by atoms with van der Waals surface area (Å²) in [7, 11) is 0. The average Bonchev–Trinajstić information content (AvgIpc) is 2.83. The molecule has 0 aliphatic heterocycles. The van der Waals surface area contributed by atoms with Gasteiger partial charge in [0, 0.05) is 10.9 Å². The second kappa shape index (κ2) is 7.92. The minimum atomic E-state index is 0.0527. The van der Waals surface area contributed by atoms with Gasteiger partial charge in [-0.15, -0.1) is 11.3 Å². The van der Waals surface area contributed by atoms with Gasteiger partial charge in [0.05, 0.1) is 11.9 Å². The zero-order valence-corrected chi connectivity index (χ0v) is 15.3. The van der Waals surface area contributed by atoms with E-state index in [1.165, 1.54) is 42.5 Å². The molecule has 6 heteroatoms. The van der Waals surface area contributed by atoms with Crippen LogP contribution < -0.4 is 10.6 Å². The number of hydrogen-bond acceptors (Lipinski definition) is 5. The van der Waals surface area contributed by atoms with E-state index in [9.17, 15) is 4.79 Å². The summed E-state index contributed by atoms with van der Waals surface area (Å²) in [6.07, 6.45) is 10.1. The lowest BCUT2D eigenvalue weighted by Crippen LogP contribution is -2.38. The Bertz CT molecular complexity index is 704. The topological polar surface area (TPSA) is 66.9 Å². The number of fused-ring (bicyclic) bond motifs is 1. The van der Waals surface area contributed by atoms with E-state index >= 15 is 0 Å². The van der Waals surface area contributed by atoms with E-state index in [4.69, 9.17) is 0 Å². The highest BCUT2D eigenvalue weighted by Gasteiger charge is 2.15. The number of carbonyl (C=O) groups excluding carboxylic acids is 1. The van der Waals surface area contributed by atoms with Crippen molar-refractivity contribution in [2.45, 2.75) is 64.8 Å². The average molecular weight is 347 g/mol. The molecular formula is C18H26N4OS. The van der Waals surface area contributed by atoms with Gasteiger partial charge in [-0.1, -0.05) is 32.1 Å². The maximum atomic E-state index is 12.3. The Kier molecular flexibility index (Phi) is 5.66. The molecule has 2 heterocycles. The van der Waals surface area contributed by atoms with E-state index in [0.29, 0.717) is 6.04 Å². The zero-order valence-electron chi connectivity index (χ0n) is 14.5. The van der Waals surface area contributed by atoms with E-state index in [1.807, 2.05) is 0 Å². The molecule has 0 atom stereocenters. The zero-order chi connectivity index (χ0) is 16.9. The van der Waals surface area contributed by atoms with E-state index in [0.717, 1.165) is 28.9 Å². The van der Waals surface area contributed by atoms with E-state index in [1.54, 1.807) is 17.7 Å². The van der Waals surface area contributed by atoms with E-state index < -0.39 is 0 Å². The molecular weight excluding hydrogens is 320 g/mol. The predicted octanol–water partition coefficient (Wildman–Crippen LogP) is 3.95. The first-order valence-corrected chi connectivity index (χ1v) is 9.70. The lowest BCUT2D eigenvalue weighted by molar-refractivity contribution is -0.120. The van der Waals surface area contributed by atoms with Gasteiger partial charge in [0.1, 0.15) is 17.0 Å². The van der Waals surface area contributed by atoms with Crippen molar-refractivity contribution in [3.8, 4) is 0 Å². The van der Waals surface area contributed by atoms with Crippen molar-refractivity contribution in [3.63, 3.8) is 0 Å². The van der Waals surface area contributed by atoms with Gasteiger partial charge in [-0.25, -0.2) is 9.97 Å². The Labute approximate surface area is 147 Å². The van der Waals surface area contributed by atoms with Crippen LogP contribution in [0.5, 0.6) is 0 Å². The van der Waals surface area contributed by atoms with Crippen LogP contribution in [0.25, 0.3) is 10.2 Å². The molecule has 1 amide bonds. The van der Waals surface area contributed by atoms with Gasteiger partial charge in [-0.05, 0) is 32.3 Å². The summed E-state index contributed by atoms with van der Waals surface area (Å²) in [5.41, 5.74) is 1.19. The van der Waals surface area contributed by atoms with Crippen LogP contribution in [0.15, 0.2) is 6.33 Å². The van der Waals surface area contributed by atoms with Gasteiger partial charge in [0.25, 0.3) is 0 Å². The predicted molar refractivity (Wildman–Crippen MR) is 99.6 cm³/mol. The maximum Gasteiger partial charge on any atom is 0.239 e. The Balaban J connectivity index is 1.60. The number of anilines is 1. The smallest absolute Gasteiger partial charge is 0.239 e. The molecule has 0 saturated heterocycles. The van der Waals surface area contributed by atoms with E-state index in [2.05, 4.69) is 34.4 Å². The Morgan fingerprint density at radius 2 is 1.88 bits per heavy atom. The fourth-order valence-corrected chi connectivity index (χ4v) is 4.36. The number of hydrogen-bond donors (Lipinski definition) is 2. The summed E-state index contributed by atoms with van der Waals surface area (Å²) in [6, 6.07) is 0.329. The number of nitrogens with zero attached hydrogens (tertiary/aromatic N) is 2. The standard InChI is InChI=1S/C18H26N4OS/c1-12-13(2)24-18-16(12)17(20-11-21-18)19-10-15(23)22-14-8-6-4-3-5-7-9-14/h11,14H,3-10H2,1-2H3,(H,22,23)(H,19,20,21). The van der Waals surface area contributed by atoms with Crippen LogP contribution >= 0.6 is 11.3 Å². The van der Waals surface area contributed by atoms with Crippen molar-refractivity contribution in [3.05, 3.63) is 16.8 Å². The minimum Gasteiger partial charge on any atom is -0.360 e. The van der Waals surface area contributed by atoms with Crippen molar-refractivity contribution in [1.29, 1.82) is 0 Å². The highest BCUT2D eigenvalue weighted by atomic mass is 32.1. The molecule has 0 bridgehead atoms. The molecule has 1 saturated carbocycles. The van der Waals surface area contributed by atoms with Gasteiger partial charge < -0.3 is 10.6 Å². The Hall–Kier alpha value is -1.69. The monoisotopic (exact) mass is 346 g/mol. The Morgan fingerprint density at radius 1 is 1.17 bits per heavy atom. The van der Waals surface area contributed by atoms with Crippen molar-refractivity contribution in [1.82, 2.24) is 15.3 Å². The SMILES string of the molecule is Cc1sc2ncnc(NCC(=O)NC3CCCCCCC3)c2c1C. The number of carbonyl (C=O) groups is 1. The van der Waals surface area contributed by atoms with Gasteiger partial charge >= 0.3 is 0 Å². The molecule has 3 rings (SSSR count). The second-order valence-corrected chi connectivity index (χ2v) is 7.85. The summed E-state index contributed by atoms with van der Waals surface area (Å²) in [6.45, 7) is 4.43. The van der Waals surface area contributed by atoms with Crippen LogP contribution in [0.4, 0.5) is 5.82 Å². The van der Waals surface area contributed by atoms with Gasteiger partial charge in [-0.3, -0.25) is 4.79 Å². The van der Waals surface area contributed by atoms with Crippen molar-refractivity contribution < 1.29 is 4.79 Å². The molecule has 2 aromatic rings. The van der Waals surface area contributed by atoms with Gasteiger partial charge in [0.15, 0.2) is 0 Å².